The molecule has 0 aromatic carbocycles. The van der Waals surface area contributed by atoms with Crippen molar-refractivity contribution in [3.8, 4) is 10.4 Å². The standard InChI is InChI=1S/C13H16N4OS/c18-13(17-4-1-2-14-3-5-17)10-6-12(19-9-10)11-7-15-16-8-11/h6-9,14H,1-5H2,(H,15,16). The van der Waals surface area contributed by atoms with Crippen LogP contribution in [0.2, 0.25) is 0 Å². The van der Waals surface area contributed by atoms with Gasteiger partial charge in [-0.3, -0.25) is 9.89 Å². The maximum atomic E-state index is 12.4. The minimum Gasteiger partial charge on any atom is -0.337 e. The first-order valence-corrected chi connectivity index (χ1v) is 7.30. The highest BCUT2D eigenvalue weighted by molar-refractivity contribution is 7.13. The van der Waals surface area contributed by atoms with E-state index < -0.39 is 0 Å². The maximum absolute atomic E-state index is 12.4. The van der Waals surface area contributed by atoms with Crippen molar-refractivity contribution in [3.63, 3.8) is 0 Å². The fourth-order valence-electron chi connectivity index (χ4n) is 2.22. The molecule has 3 heterocycles. The van der Waals surface area contributed by atoms with Gasteiger partial charge in [0.05, 0.1) is 11.8 Å². The fraction of sp³-hybridized carbons (Fsp3) is 0.385. The molecule has 1 aliphatic heterocycles. The number of nitrogens with zero attached hydrogens (tertiary/aromatic N) is 2. The summed E-state index contributed by atoms with van der Waals surface area (Å²) in [6.07, 6.45) is 4.64. The lowest BCUT2D eigenvalue weighted by Crippen LogP contribution is -2.33. The Labute approximate surface area is 115 Å². The molecule has 1 fully saturated rings. The molecule has 2 aromatic rings. The number of carbonyl (C=O) groups is 1. The third-order valence-corrected chi connectivity index (χ3v) is 4.24. The molecule has 2 aromatic heterocycles. The van der Waals surface area contributed by atoms with Gasteiger partial charge in [0.15, 0.2) is 0 Å². The Kier molecular flexibility index (Phi) is 3.61. The zero-order valence-corrected chi connectivity index (χ0v) is 11.4. The zero-order valence-electron chi connectivity index (χ0n) is 10.6. The van der Waals surface area contributed by atoms with Crippen LogP contribution in [0.1, 0.15) is 16.8 Å². The van der Waals surface area contributed by atoms with E-state index in [0.717, 1.165) is 48.6 Å². The molecule has 3 rings (SSSR count). The van der Waals surface area contributed by atoms with Crippen LogP contribution in [-0.4, -0.2) is 47.2 Å². The molecule has 5 nitrogen and oxygen atoms in total. The van der Waals surface area contributed by atoms with Gasteiger partial charge < -0.3 is 10.2 Å². The monoisotopic (exact) mass is 276 g/mol. The molecule has 0 radical (unpaired) electrons. The van der Waals surface area contributed by atoms with Crippen LogP contribution in [-0.2, 0) is 0 Å². The highest BCUT2D eigenvalue weighted by atomic mass is 32.1. The van der Waals surface area contributed by atoms with E-state index in [2.05, 4.69) is 15.5 Å². The minimum atomic E-state index is 0.134. The Balaban J connectivity index is 1.76. The van der Waals surface area contributed by atoms with E-state index in [0.29, 0.717) is 0 Å². The Morgan fingerprint density at radius 3 is 3.16 bits per heavy atom. The Morgan fingerprint density at radius 1 is 1.37 bits per heavy atom. The average molecular weight is 276 g/mol. The van der Waals surface area contributed by atoms with Crippen LogP contribution in [0.25, 0.3) is 10.4 Å². The quantitative estimate of drug-likeness (QED) is 0.875. The third-order valence-electron chi connectivity index (χ3n) is 3.26. The van der Waals surface area contributed by atoms with Crippen molar-refractivity contribution >= 4 is 17.2 Å². The number of rotatable bonds is 2. The summed E-state index contributed by atoms with van der Waals surface area (Å²) in [5.74, 6) is 0.134. The first-order valence-electron chi connectivity index (χ1n) is 6.42. The molecule has 0 bridgehead atoms. The van der Waals surface area contributed by atoms with E-state index in [9.17, 15) is 4.79 Å². The first-order chi connectivity index (χ1) is 9.34. The summed E-state index contributed by atoms with van der Waals surface area (Å²) >= 11 is 1.58. The Morgan fingerprint density at radius 2 is 2.32 bits per heavy atom. The zero-order chi connectivity index (χ0) is 13.1. The van der Waals surface area contributed by atoms with Gasteiger partial charge >= 0.3 is 0 Å². The predicted molar refractivity (Wildman–Crippen MR) is 75.3 cm³/mol. The number of H-pyrrole nitrogens is 1. The van der Waals surface area contributed by atoms with E-state index in [1.54, 1.807) is 17.5 Å². The molecule has 100 valence electrons. The third kappa shape index (κ3) is 2.69. The minimum absolute atomic E-state index is 0.134. The van der Waals surface area contributed by atoms with E-state index in [4.69, 9.17) is 0 Å². The van der Waals surface area contributed by atoms with Gasteiger partial charge in [-0.25, -0.2) is 0 Å². The number of carbonyl (C=O) groups excluding carboxylic acids is 1. The molecule has 6 heteroatoms. The number of hydrogen-bond acceptors (Lipinski definition) is 4. The lowest BCUT2D eigenvalue weighted by atomic mass is 10.2. The van der Waals surface area contributed by atoms with E-state index in [1.807, 2.05) is 22.5 Å². The molecule has 1 aliphatic rings. The largest absolute Gasteiger partial charge is 0.337 e. The maximum Gasteiger partial charge on any atom is 0.254 e. The van der Waals surface area contributed by atoms with Gasteiger partial charge in [-0.15, -0.1) is 11.3 Å². The van der Waals surface area contributed by atoms with Crippen molar-refractivity contribution in [2.24, 2.45) is 0 Å². The summed E-state index contributed by atoms with van der Waals surface area (Å²) < 4.78 is 0. The van der Waals surface area contributed by atoms with E-state index >= 15 is 0 Å². The second-order valence-corrected chi connectivity index (χ2v) is 5.49. The second-order valence-electron chi connectivity index (χ2n) is 4.58. The topological polar surface area (TPSA) is 61.0 Å². The van der Waals surface area contributed by atoms with E-state index in [1.165, 1.54) is 0 Å². The molecule has 1 saturated heterocycles. The molecule has 0 unspecified atom stereocenters. The number of hydrogen-bond donors (Lipinski definition) is 2. The van der Waals surface area contributed by atoms with Crippen LogP contribution in [0.3, 0.4) is 0 Å². The molecule has 1 amide bonds. The first kappa shape index (κ1) is 12.4. The summed E-state index contributed by atoms with van der Waals surface area (Å²) in [5.41, 5.74) is 1.81. The second kappa shape index (κ2) is 5.54. The van der Waals surface area contributed by atoms with Gasteiger partial charge in [0.25, 0.3) is 5.91 Å². The average Bonchev–Trinajstić information content (AvgIpc) is 3.04. The highest BCUT2D eigenvalue weighted by Crippen LogP contribution is 2.26. The molecule has 19 heavy (non-hydrogen) atoms. The number of thiophene rings is 1. The summed E-state index contributed by atoms with van der Waals surface area (Å²) in [7, 11) is 0. The molecule has 0 aliphatic carbocycles. The number of nitrogens with one attached hydrogen (secondary N) is 2. The number of aromatic amines is 1. The lowest BCUT2D eigenvalue weighted by Gasteiger charge is -2.19. The molecule has 0 atom stereocenters. The normalized spacial score (nSPS) is 16.3. The van der Waals surface area contributed by atoms with Crippen molar-refractivity contribution in [2.45, 2.75) is 6.42 Å². The van der Waals surface area contributed by atoms with Gasteiger partial charge in [-0.05, 0) is 19.0 Å². The molecule has 2 N–H and O–H groups in total. The Hall–Kier alpha value is -1.66. The SMILES string of the molecule is O=C(c1csc(-c2cn[nH]c2)c1)N1CCCNCC1. The highest BCUT2D eigenvalue weighted by Gasteiger charge is 2.18. The summed E-state index contributed by atoms with van der Waals surface area (Å²) in [4.78, 5) is 15.4. The number of aromatic nitrogens is 2. The van der Waals surface area contributed by atoms with Crippen molar-refractivity contribution in [3.05, 3.63) is 29.4 Å². The van der Waals surface area contributed by atoms with Crippen LogP contribution in [0, 0.1) is 0 Å². The predicted octanol–water partition coefficient (Wildman–Crippen LogP) is 1.57. The summed E-state index contributed by atoms with van der Waals surface area (Å²) in [5, 5.41) is 12.0. The molecule has 0 saturated carbocycles. The lowest BCUT2D eigenvalue weighted by molar-refractivity contribution is 0.0767. The van der Waals surface area contributed by atoms with Crippen molar-refractivity contribution in [2.75, 3.05) is 26.2 Å². The van der Waals surface area contributed by atoms with Gasteiger partial charge in [0, 0.05) is 41.7 Å². The smallest absolute Gasteiger partial charge is 0.254 e. The van der Waals surface area contributed by atoms with Crippen LogP contribution >= 0.6 is 11.3 Å². The van der Waals surface area contributed by atoms with Crippen LogP contribution < -0.4 is 5.32 Å². The summed E-state index contributed by atoms with van der Waals surface area (Å²) in [6, 6.07) is 1.95. The van der Waals surface area contributed by atoms with Gasteiger partial charge in [-0.2, -0.15) is 5.10 Å². The van der Waals surface area contributed by atoms with Crippen LogP contribution in [0.4, 0.5) is 0 Å². The van der Waals surface area contributed by atoms with Crippen LogP contribution in [0.5, 0.6) is 0 Å². The van der Waals surface area contributed by atoms with Gasteiger partial charge in [-0.1, -0.05) is 0 Å². The van der Waals surface area contributed by atoms with Gasteiger partial charge in [0.2, 0.25) is 0 Å². The van der Waals surface area contributed by atoms with Crippen LogP contribution in [0.15, 0.2) is 23.8 Å². The van der Waals surface area contributed by atoms with Crippen molar-refractivity contribution in [1.29, 1.82) is 0 Å². The van der Waals surface area contributed by atoms with Crippen molar-refractivity contribution < 1.29 is 4.79 Å². The molecular weight excluding hydrogens is 260 g/mol. The number of amides is 1. The van der Waals surface area contributed by atoms with Crippen molar-refractivity contribution in [1.82, 2.24) is 20.4 Å². The molecule has 0 spiro atoms. The van der Waals surface area contributed by atoms with Gasteiger partial charge in [0.1, 0.15) is 0 Å². The summed E-state index contributed by atoms with van der Waals surface area (Å²) in [6.45, 7) is 3.50. The van der Waals surface area contributed by atoms with E-state index in [-0.39, 0.29) is 5.91 Å². The fourth-order valence-corrected chi connectivity index (χ4v) is 3.08. The molecular formula is C13H16N4OS. The Bertz CT molecular complexity index is 541.